The number of amides is 1. The number of thiophene rings is 1. The summed E-state index contributed by atoms with van der Waals surface area (Å²) < 4.78 is 0. The van der Waals surface area contributed by atoms with Crippen LogP contribution in [-0.2, 0) is 17.6 Å². The van der Waals surface area contributed by atoms with Gasteiger partial charge in [0.25, 0.3) is 5.91 Å². The van der Waals surface area contributed by atoms with E-state index in [2.05, 4.69) is 5.32 Å². The van der Waals surface area contributed by atoms with E-state index in [0.29, 0.717) is 6.42 Å². The second kappa shape index (κ2) is 5.33. The minimum Gasteiger partial charge on any atom is -0.481 e. The first-order valence-electron chi connectivity index (χ1n) is 6.53. The molecule has 0 bridgehead atoms. The Kier molecular flexibility index (Phi) is 3.94. The van der Waals surface area contributed by atoms with Crippen molar-refractivity contribution < 1.29 is 14.7 Å². The predicted molar refractivity (Wildman–Crippen MR) is 74.8 cm³/mol. The SMILES string of the molecule is CC(C)(CCC(=O)O)NC(=O)c1cc2c(s1)CCC2. The molecule has 1 aliphatic rings. The zero-order valence-electron chi connectivity index (χ0n) is 11.3. The zero-order valence-corrected chi connectivity index (χ0v) is 12.1. The molecule has 104 valence electrons. The Hall–Kier alpha value is -1.36. The van der Waals surface area contributed by atoms with Crippen molar-refractivity contribution in [3.8, 4) is 0 Å². The van der Waals surface area contributed by atoms with Gasteiger partial charge in [0.15, 0.2) is 0 Å². The maximum atomic E-state index is 12.2. The highest BCUT2D eigenvalue weighted by molar-refractivity contribution is 7.14. The molecule has 1 aromatic heterocycles. The van der Waals surface area contributed by atoms with Gasteiger partial charge in [0.2, 0.25) is 0 Å². The van der Waals surface area contributed by atoms with Gasteiger partial charge in [0.1, 0.15) is 0 Å². The summed E-state index contributed by atoms with van der Waals surface area (Å²) in [5.74, 6) is -0.924. The van der Waals surface area contributed by atoms with Gasteiger partial charge >= 0.3 is 5.97 Å². The summed E-state index contributed by atoms with van der Waals surface area (Å²) in [6.45, 7) is 3.71. The third kappa shape index (κ3) is 3.56. The van der Waals surface area contributed by atoms with Crippen LogP contribution in [0.2, 0.25) is 0 Å². The van der Waals surface area contributed by atoms with Crippen LogP contribution in [0.4, 0.5) is 0 Å². The Morgan fingerprint density at radius 1 is 1.42 bits per heavy atom. The van der Waals surface area contributed by atoms with E-state index in [1.807, 2.05) is 19.9 Å². The number of carbonyl (C=O) groups excluding carboxylic acids is 1. The van der Waals surface area contributed by atoms with Crippen molar-refractivity contribution in [3.63, 3.8) is 0 Å². The first-order chi connectivity index (χ1) is 8.87. The molecule has 0 saturated carbocycles. The van der Waals surface area contributed by atoms with Crippen LogP contribution in [0.1, 0.15) is 53.2 Å². The molecule has 5 heteroatoms. The van der Waals surface area contributed by atoms with Crippen molar-refractivity contribution in [2.24, 2.45) is 0 Å². The second-order valence-electron chi connectivity index (χ2n) is 5.64. The summed E-state index contributed by atoms with van der Waals surface area (Å²) in [7, 11) is 0. The topological polar surface area (TPSA) is 66.4 Å². The van der Waals surface area contributed by atoms with Crippen LogP contribution in [0.3, 0.4) is 0 Å². The lowest BCUT2D eigenvalue weighted by molar-refractivity contribution is -0.137. The standard InChI is InChI=1S/C14H19NO3S/c1-14(2,7-6-12(16)17)15-13(18)11-8-9-4-3-5-10(9)19-11/h8H,3-7H2,1-2H3,(H,15,18)(H,16,17). The molecule has 1 amide bonds. The van der Waals surface area contributed by atoms with E-state index >= 15 is 0 Å². The lowest BCUT2D eigenvalue weighted by Gasteiger charge is -2.25. The van der Waals surface area contributed by atoms with Crippen molar-refractivity contribution in [3.05, 3.63) is 21.4 Å². The summed E-state index contributed by atoms with van der Waals surface area (Å²) in [6, 6.07) is 1.98. The number of carboxylic acids is 1. The Labute approximate surface area is 116 Å². The minimum atomic E-state index is -0.836. The second-order valence-corrected chi connectivity index (χ2v) is 6.78. The molecular formula is C14H19NO3S. The molecule has 2 N–H and O–H groups in total. The van der Waals surface area contributed by atoms with Crippen LogP contribution in [0.25, 0.3) is 0 Å². The van der Waals surface area contributed by atoms with Gasteiger partial charge in [-0.15, -0.1) is 11.3 Å². The fraction of sp³-hybridized carbons (Fsp3) is 0.571. The third-order valence-electron chi connectivity index (χ3n) is 3.39. The van der Waals surface area contributed by atoms with Crippen LogP contribution < -0.4 is 5.32 Å². The van der Waals surface area contributed by atoms with Gasteiger partial charge in [-0.3, -0.25) is 9.59 Å². The van der Waals surface area contributed by atoms with Crippen molar-refractivity contribution in [2.45, 2.75) is 51.5 Å². The summed E-state index contributed by atoms with van der Waals surface area (Å²) >= 11 is 1.57. The Morgan fingerprint density at radius 3 is 2.79 bits per heavy atom. The molecule has 0 fully saturated rings. The van der Waals surface area contributed by atoms with E-state index in [-0.39, 0.29) is 12.3 Å². The zero-order chi connectivity index (χ0) is 14.0. The summed E-state index contributed by atoms with van der Waals surface area (Å²) in [4.78, 5) is 24.8. The molecule has 1 aromatic rings. The Morgan fingerprint density at radius 2 is 2.16 bits per heavy atom. The van der Waals surface area contributed by atoms with Gasteiger partial charge < -0.3 is 10.4 Å². The number of fused-ring (bicyclic) bond motifs is 1. The van der Waals surface area contributed by atoms with E-state index in [9.17, 15) is 9.59 Å². The number of nitrogens with one attached hydrogen (secondary N) is 1. The number of carbonyl (C=O) groups is 2. The van der Waals surface area contributed by atoms with Crippen LogP contribution in [0.5, 0.6) is 0 Å². The molecule has 1 aliphatic carbocycles. The molecule has 0 aromatic carbocycles. The number of aliphatic carboxylic acids is 1. The third-order valence-corrected chi connectivity index (χ3v) is 4.62. The van der Waals surface area contributed by atoms with Gasteiger partial charge in [-0.1, -0.05) is 0 Å². The largest absolute Gasteiger partial charge is 0.481 e. The number of aryl methyl sites for hydroxylation is 2. The molecule has 0 unspecified atom stereocenters. The van der Waals surface area contributed by atoms with Crippen LogP contribution in [0, 0.1) is 0 Å². The van der Waals surface area contributed by atoms with E-state index in [4.69, 9.17) is 5.11 Å². The molecule has 0 saturated heterocycles. The molecule has 0 aliphatic heterocycles. The number of hydrogen-bond acceptors (Lipinski definition) is 3. The van der Waals surface area contributed by atoms with Crippen molar-refractivity contribution in [2.75, 3.05) is 0 Å². The van der Waals surface area contributed by atoms with Crippen molar-refractivity contribution in [1.29, 1.82) is 0 Å². The molecular weight excluding hydrogens is 262 g/mol. The average Bonchev–Trinajstić information content (AvgIpc) is 2.85. The highest BCUT2D eigenvalue weighted by Gasteiger charge is 2.24. The van der Waals surface area contributed by atoms with Gasteiger partial charge in [0.05, 0.1) is 4.88 Å². The normalized spacial score (nSPS) is 14.2. The van der Waals surface area contributed by atoms with Gasteiger partial charge in [-0.05, 0) is 51.2 Å². The molecule has 4 nitrogen and oxygen atoms in total. The molecule has 0 spiro atoms. The fourth-order valence-corrected chi connectivity index (χ4v) is 3.44. The lowest BCUT2D eigenvalue weighted by Crippen LogP contribution is -2.43. The van der Waals surface area contributed by atoms with Crippen LogP contribution in [-0.4, -0.2) is 22.5 Å². The number of rotatable bonds is 5. The summed E-state index contributed by atoms with van der Waals surface area (Å²) in [5.41, 5.74) is 0.808. The highest BCUT2D eigenvalue weighted by Crippen LogP contribution is 2.30. The van der Waals surface area contributed by atoms with Crippen LogP contribution in [0.15, 0.2) is 6.07 Å². The average molecular weight is 281 g/mol. The number of hydrogen-bond donors (Lipinski definition) is 2. The predicted octanol–water partition coefficient (Wildman–Crippen LogP) is 2.61. The minimum absolute atomic E-state index is 0.0637. The maximum Gasteiger partial charge on any atom is 0.303 e. The molecule has 1 heterocycles. The molecule has 19 heavy (non-hydrogen) atoms. The molecule has 0 atom stereocenters. The first kappa shape index (κ1) is 14.1. The van der Waals surface area contributed by atoms with E-state index in [1.54, 1.807) is 11.3 Å². The van der Waals surface area contributed by atoms with E-state index in [1.165, 1.54) is 16.9 Å². The highest BCUT2D eigenvalue weighted by atomic mass is 32.1. The molecule has 0 radical (unpaired) electrons. The molecule has 2 rings (SSSR count). The Balaban J connectivity index is 1.97. The van der Waals surface area contributed by atoms with Gasteiger partial charge in [-0.25, -0.2) is 0 Å². The quantitative estimate of drug-likeness (QED) is 0.872. The van der Waals surface area contributed by atoms with Crippen LogP contribution >= 0.6 is 11.3 Å². The maximum absolute atomic E-state index is 12.2. The summed E-state index contributed by atoms with van der Waals surface area (Å²) in [5, 5.41) is 11.6. The van der Waals surface area contributed by atoms with E-state index < -0.39 is 11.5 Å². The number of carboxylic acid groups (broad SMARTS) is 1. The smallest absolute Gasteiger partial charge is 0.303 e. The van der Waals surface area contributed by atoms with Gasteiger partial charge in [0, 0.05) is 16.8 Å². The van der Waals surface area contributed by atoms with Gasteiger partial charge in [-0.2, -0.15) is 0 Å². The fourth-order valence-electron chi connectivity index (χ4n) is 2.29. The Bertz CT molecular complexity index is 483. The first-order valence-corrected chi connectivity index (χ1v) is 7.35. The van der Waals surface area contributed by atoms with Crippen molar-refractivity contribution >= 4 is 23.2 Å². The monoisotopic (exact) mass is 281 g/mol. The summed E-state index contributed by atoms with van der Waals surface area (Å²) in [6.07, 6.45) is 3.83. The van der Waals surface area contributed by atoms with Crippen molar-refractivity contribution in [1.82, 2.24) is 5.32 Å². The van der Waals surface area contributed by atoms with E-state index in [0.717, 1.165) is 17.7 Å². The lowest BCUT2D eigenvalue weighted by atomic mass is 9.98.